The molecule has 0 aromatic heterocycles. The van der Waals surface area contributed by atoms with Crippen LogP contribution in [0, 0.1) is 0 Å². The van der Waals surface area contributed by atoms with Gasteiger partial charge in [-0.25, -0.2) is 0 Å². The Morgan fingerprint density at radius 3 is 0.618 bits per heavy atom. The summed E-state index contributed by atoms with van der Waals surface area (Å²) in [7, 11) is 0. The van der Waals surface area contributed by atoms with E-state index in [-0.39, 0.29) is 29.6 Å². The van der Waals surface area contributed by atoms with Crippen LogP contribution in [0.5, 0.6) is 0 Å². The number of carboxylic acids is 1. The molecule has 0 saturated heterocycles. The molecule has 0 saturated carbocycles. The second-order valence-electron chi connectivity index (χ2n) is 17.9. The van der Waals surface area contributed by atoms with Gasteiger partial charge in [-0.3, -0.25) is 4.90 Å². The first-order valence-electron chi connectivity index (χ1n) is 25.6. The van der Waals surface area contributed by atoms with E-state index in [2.05, 4.69) is 18.7 Å². The Hall–Kier alpha value is 0.430. The molecular formula is C51H102NNaO2. The number of carbonyl (C=O) groups is 1. The number of carboxylic acid groups (broad SMARTS) is 1. The molecule has 3 nitrogen and oxygen atoms in total. The third kappa shape index (κ3) is 47.0. The number of hydrogen-bond donors (Lipinski definition) is 0. The van der Waals surface area contributed by atoms with Gasteiger partial charge in [-0.15, -0.1) is 0 Å². The Morgan fingerprint density at radius 2 is 0.473 bits per heavy atom. The topological polar surface area (TPSA) is 43.4 Å². The summed E-state index contributed by atoms with van der Waals surface area (Å²) in [6.45, 7) is 8.25. The molecule has 1 atom stereocenters. The van der Waals surface area contributed by atoms with Gasteiger partial charge in [0.05, 0.1) is 5.97 Å². The van der Waals surface area contributed by atoms with Crippen molar-refractivity contribution in [2.45, 2.75) is 309 Å². The fourth-order valence-corrected chi connectivity index (χ4v) is 8.50. The average Bonchev–Trinajstić information content (AvgIpc) is 3.17. The van der Waals surface area contributed by atoms with Gasteiger partial charge in [-0.1, -0.05) is 284 Å². The zero-order valence-electron chi connectivity index (χ0n) is 38.9. The number of unbranched alkanes of at least 4 members (excludes halogenated alkanes) is 42. The van der Waals surface area contributed by atoms with E-state index in [0.717, 1.165) is 25.9 Å². The van der Waals surface area contributed by atoms with Crippen molar-refractivity contribution < 1.29 is 39.5 Å². The zero-order valence-corrected chi connectivity index (χ0v) is 40.9. The van der Waals surface area contributed by atoms with E-state index in [1.807, 2.05) is 6.92 Å². The summed E-state index contributed by atoms with van der Waals surface area (Å²) in [5, 5.41) is 11.6. The van der Waals surface area contributed by atoms with Crippen molar-refractivity contribution in [2.24, 2.45) is 0 Å². The Bertz CT molecular complexity index is 654. The molecule has 55 heavy (non-hydrogen) atoms. The molecule has 0 N–H and O–H groups in total. The molecule has 0 aromatic rings. The Balaban J connectivity index is 0. The molecule has 0 aliphatic carbocycles. The predicted octanol–water partition coefficient (Wildman–Crippen LogP) is 13.6. The van der Waals surface area contributed by atoms with Crippen LogP contribution in [0.25, 0.3) is 0 Å². The Morgan fingerprint density at radius 1 is 0.327 bits per heavy atom. The number of carbonyl (C=O) groups excluding carboxylic acids is 1. The molecule has 0 bridgehead atoms. The van der Waals surface area contributed by atoms with E-state index >= 15 is 0 Å². The van der Waals surface area contributed by atoms with Crippen molar-refractivity contribution >= 4 is 5.97 Å². The summed E-state index contributed by atoms with van der Waals surface area (Å²) in [4.78, 5) is 13.8. The van der Waals surface area contributed by atoms with Crippen LogP contribution in [0.15, 0.2) is 0 Å². The van der Waals surface area contributed by atoms with Gasteiger partial charge in [0.1, 0.15) is 0 Å². The number of rotatable bonds is 48. The summed E-state index contributed by atoms with van der Waals surface area (Å²) in [5.41, 5.74) is 0. The normalized spacial score (nSPS) is 12.1. The van der Waals surface area contributed by atoms with E-state index in [4.69, 9.17) is 0 Å². The van der Waals surface area contributed by atoms with Gasteiger partial charge in [0.25, 0.3) is 0 Å². The molecule has 0 amide bonds. The van der Waals surface area contributed by atoms with Crippen molar-refractivity contribution in [3.05, 3.63) is 0 Å². The minimum Gasteiger partial charge on any atom is -0.548 e. The van der Waals surface area contributed by atoms with Crippen molar-refractivity contribution in [2.75, 3.05) is 13.1 Å². The van der Waals surface area contributed by atoms with E-state index in [9.17, 15) is 9.90 Å². The maximum Gasteiger partial charge on any atom is 1.00 e. The van der Waals surface area contributed by atoms with Gasteiger partial charge in [-0.2, -0.15) is 0 Å². The molecule has 0 spiro atoms. The van der Waals surface area contributed by atoms with Gasteiger partial charge in [0.2, 0.25) is 0 Å². The van der Waals surface area contributed by atoms with Crippen LogP contribution in [-0.2, 0) is 4.79 Å². The predicted molar refractivity (Wildman–Crippen MR) is 241 cm³/mol. The molecule has 0 fully saturated rings. The van der Waals surface area contributed by atoms with Gasteiger partial charge in [0.15, 0.2) is 0 Å². The number of nitrogens with zero attached hydrogens (tertiary/aromatic N) is 1. The quantitative estimate of drug-likeness (QED) is 0.0456. The van der Waals surface area contributed by atoms with Crippen LogP contribution in [-0.4, -0.2) is 30.0 Å². The van der Waals surface area contributed by atoms with Crippen LogP contribution >= 0.6 is 0 Å². The fourth-order valence-electron chi connectivity index (χ4n) is 8.50. The number of hydrogen-bond acceptors (Lipinski definition) is 3. The molecule has 0 aliphatic heterocycles. The van der Waals surface area contributed by atoms with Crippen molar-refractivity contribution in [3.8, 4) is 0 Å². The molecule has 0 aromatic carbocycles. The molecule has 0 heterocycles. The third-order valence-corrected chi connectivity index (χ3v) is 12.5. The first-order chi connectivity index (χ1) is 26.6. The van der Waals surface area contributed by atoms with Crippen LogP contribution < -0.4 is 34.7 Å². The molecule has 0 rings (SSSR count). The second kappa shape index (κ2) is 50.6. The third-order valence-electron chi connectivity index (χ3n) is 12.5. The standard InChI is InChI=1S/C51H103NO2.Na/c1-4-6-8-10-12-14-16-18-20-22-24-26-28-30-32-34-36-38-40-42-44-46-48-52(50(3)51(53)54)49-47-45-43-41-39-37-35-33-31-29-27-25-23-21-19-17-15-13-11-9-7-5-2;/h50H,4-49H2,1-3H3,(H,53,54);/q;+1/p-1. The zero-order chi connectivity index (χ0) is 39.3. The maximum absolute atomic E-state index is 11.6. The van der Waals surface area contributed by atoms with E-state index in [0.29, 0.717) is 0 Å². The largest absolute Gasteiger partial charge is 1.00 e. The average molecular weight is 784 g/mol. The van der Waals surface area contributed by atoms with Gasteiger partial charge >= 0.3 is 29.6 Å². The van der Waals surface area contributed by atoms with Crippen LogP contribution in [0.2, 0.25) is 0 Å². The summed E-state index contributed by atoms with van der Waals surface area (Å²) in [5.74, 6) is -0.910. The minimum atomic E-state index is -0.910. The summed E-state index contributed by atoms with van der Waals surface area (Å²) in [6.07, 6.45) is 61.7. The monoisotopic (exact) mass is 784 g/mol. The molecule has 1 unspecified atom stereocenters. The van der Waals surface area contributed by atoms with E-state index < -0.39 is 12.0 Å². The van der Waals surface area contributed by atoms with Crippen LogP contribution in [0.3, 0.4) is 0 Å². The molecular weight excluding hydrogens is 682 g/mol. The van der Waals surface area contributed by atoms with Gasteiger partial charge < -0.3 is 9.90 Å². The molecule has 0 aliphatic rings. The fraction of sp³-hybridized carbons (Fsp3) is 0.980. The van der Waals surface area contributed by atoms with E-state index in [1.165, 1.54) is 270 Å². The first-order valence-corrected chi connectivity index (χ1v) is 25.6. The second-order valence-corrected chi connectivity index (χ2v) is 17.9. The maximum atomic E-state index is 11.6. The SMILES string of the molecule is CCCCCCCCCCCCCCCCCCCCCCCCN(CCCCCCCCCCCCCCCCCCCCCCCC)C(C)C(=O)[O-].[Na+]. The summed E-state index contributed by atoms with van der Waals surface area (Å²) < 4.78 is 0. The number of aliphatic carboxylic acids is 1. The summed E-state index contributed by atoms with van der Waals surface area (Å²) >= 11 is 0. The van der Waals surface area contributed by atoms with E-state index in [1.54, 1.807) is 0 Å². The van der Waals surface area contributed by atoms with Gasteiger partial charge in [0, 0.05) is 6.04 Å². The smallest absolute Gasteiger partial charge is 0.548 e. The van der Waals surface area contributed by atoms with Crippen LogP contribution in [0.4, 0.5) is 0 Å². The van der Waals surface area contributed by atoms with Crippen LogP contribution in [0.1, 0.15) is 303 Å². The van der Waals surface area contributed by atoms with Crippen molar-refractivity contribution in [1.82, 2.24) is 4.90 Å². The summed E-state index contributed by atoms with van der Waals surface area (Å²) in [6, 6.07) is -0.463. The Kier molecular flexibility index (Phi) is 52.9. The van der Waals surface area contributed by atoms with Gasteiger partial charge in [-0.05, 0) is 32.9 Å². The molecule has 324 valence electrons. The molecule has 4 heteroatoms. The van der Waals surface area contributed by atoms with Crippen molar-refractivity contribution in [3.63, 3.8) is 0 Å². The first kappa shape index (κ1) is 57.5. The van der Waals surface area contributed by atoms with Crippen molar-refractivity contribution in [1.29, 1.82) is 0 Å². The molecule has 0 radical (unpaired) electrons. The Labute approximate surface area is 370 Å². The minimum absolute atomic E-state index is 0.